The minimum Gasteiger partial charge on any atom is -0.323 e. The highest BCUT2D eigenvalue weighted by atomic mass is 32.1. The molecule has 2 heterocycles. The van der Waals surface area contributed by atoms with Crippen LogP contribution in [0.15, 0.2) is 24.4 Å². The van der Waals surface area contributed by atoms with Crippen molar-refractivity contribution in [3.05, 3.63) is 40.5 Å². The van der Waals surface area contributed by atoms with Gasteiger partial charge in [-0.05, 0) is 37.9 Å². The lowest BCUT2D eigenvalue weighted by molar-refractivity contribution is -0.116. The number of nitrogens with one attached hydrogen (secondary N) is 1. The van der Waals surface area contributed by atoms with Gasteiger partial charge in [-0.2, -0.15) is 9.47 Å². The fourth-order valence-electron chi connectivity index (χ4n) is 2.57. The van der Waals surface area contributed by atoms with Gasteiger partial charge < -0.3 is 5.32 Å². The Morgan fingerprint density at radius 2 is 2.14 bits per heavy atom. The van der Waals surface area contributed by atoms with Crippen LogP contribution in [0.1, 0.15) is 22.6 Å². The monoisotopic (exact) mass is 314 g/mol. The van der Waals surface area contributed by atoms with Crippen LogP contribution in [-0.4, -0.2) is 20.1 Å². The molecule has 0 aliphatic rings. The molecule has 1 amide bonds. The molecule has 0 spiro atoms. The van der Waals surface area contributed by atoms with E-state index in [1.807, 2.05) is 36.9 Å². The SMILES string of the molecule is Cc1nsc(C)c1NC(=O)CCn1ncc2cccc(C)c21. The van der Waals surface area contributed by atoms with Crippen LogP contribution in [0.5, 0.6) is 0 Å². The third kappa shape index (κ3) is 2.74. The van der Waals surface area contributed by atoms with E-state index in [9.17, 15) is 4.79 Å². The first-order valence-electron chi connectivity index (χ1n) is 7.20. The summed E-state index contributed by atoms with van der Waals surface area (Å²) in [6, 6.07) is 6.12. The molecule has 6 heteroatoms. The zero-order valence-electron chi connectivity index (χ0n) is 12.9. The Morgan fingerprint density at radius 1 is 1.32 bits per heavy atom. The van der Waals surface area contributed by atoms with E-state index in [2.05, 4.69) is 27.8 Å². The quantitative estimate of drug-likeness (QED) is 0.802. The first-order valence-corrected chi connectivity index (χ1v) is 7.97. The van der Waals surface area contributed by atoms with Gasteiger partial charge in [0.1, 0.15) is 0 Å². The molecule has 0 unspecified atom stereocenters. The average Bonchev–Trinajstić information content (AvgIpc) is 3.04. The van der Waals surface area contributed by atoms with E-state index in [4.69, 9.17) is 0 Å². The molecular formula is C16H18N4OS. The lowest BCUT2D eigenvalue weighted by atomic mass is 10.2. The van der Waals surface area contributed by atoms with E-state index in [-0.39, 0.29) is 5.91 Å². The Morgan fingerprint density at radius 3 is 2.86 bits per heavy atom. The first kappa shape index (κ1) is 14.7. The second-order valence-electron chi connectivity index (χ2n) is 5.38. The molecule has 2 aromatic heterocycles. The summed E-state index contributed by atoms with van der Waals surface area (Å²) >= 11 is 1.41. The number of amides is 1. The fourth-order valence-corrected chi connectivity index (χ4v) is 3.22. The highest BCUT2D eigenvalue weighted by Crippen LogP contribution is 2.23. The predicted molar refractivity (Wildman–Crippen MR) is 89.3 cm³/mol. The van der Waals surface area contributed by atoms with Crippen LogP contribution >= 0.6 is 11.5 Å². The molecule has 0 bridgehead atoms. The summed E-state index contributed by atoms with van der Waals surface area (Å²) in [5.41, 5.74) is 3.98. The Balaban J connectivity index is 1.70. The van der Waals surface area contributed by atoms with E-state index in [0.717, 1.165) is 27.2 Å². The smallest absolute Gasteiger partial charge is 0.226 e. The van der Waals surface area contributed by atoms with Gasteiger partial charge in [-0.1, -0.05) is 18.2 Å². The van der Waals surface area contributed by atoms with E-state index in [1.165, 1.54) is 17.1 Å². The Kier molecular flexibility index (Phi) is 3.94. The predicted octanol–water partition coefficient (Wildman–Crippen LogP) is 3.45. The number of fused-ring (bicyclic) bond motifs is 1. The largest absolute Gasteiger partial charge is 0.323 e. The van der Waals surface area contributed by atoms with Crippen LogP contribution in [0.4, 0.5) is 5.69 Å². The van der Waals surface area contributed by atoms with Crippen LogP contribution in [0.25, 0.3) is 10.9 Å². The van der Waals surface area contributed by atoms with Crippen molar-refractivity contribution < 1.29 is 4.79 Å². The maximum absolute atomic E-state index is 12.2. The minimum atomic E-state index is -0.0105. The molecule has 3 aromatic rings. The second-order valence-corrected chi connectivity index (χ2v) is 6.36. The van der Waals surface area contributed by atoms with E-state index < -0.39 is 0 Å². The molecule has 0 aliphatic carbocycles. The van der Waals surface area contributed by atoms with Crippen LogP contribution in [0, 0.1) is 20.8 Å². The van der Waals surface area contributed by atoms with Gasteiger partial charge >= 0.3 is 0 Å². The van der Waals surface area contributed by atoms with Crippen molar-refractivity contribution in [2.24, 2.45) is 0 Å². The molecule has 0 radical (unpaired) electrons. The van der Waals surface area contributed by atoms with Crippen molar-refractivity contribution in [2.45, 2.75) is 33.7 Å². The van der Waals surface area contributed by atoms with Crippen LogP contribution in [0.3, 0.4) is 0 Å². The van der Waals surface area contributed by atoms with E-state index >= 15 is 0 Å². The zero-order valence-corrected chi connectivity index (χ0v) is 13.7. The molecule has 114 valence electrons. The van der Waals surface area contributed by atoms with Gasteiger partial charge in [0.25, 0.3) is 0 Å². The molecule has 1 aromatic carbocycles. The van der Waals surface area contributed by atoms with Crippen molar-refractivity contribution in [1.82, 2.24) is 14.2 Å². The number of rotatable bonds is 4. The number of aromatic nitrogens is 3. The van der Waals surface area contributed by atoms with Crippen molar-refractivity contribution in [3.63, 3.8) is 0 Å². The molecule has 22 heavy (non-hydrogen) atoms. The molecule has 0 fully saturated rings. The highest BCUT2D eigenvalue weighted by molar-refractivity contribution is 7.06. The molecule has 0 aliphatic heterocycles. The molecule has 0 saturated carbocycles. The Hall–Kier alpha value is -2.21. The molecule has 0 atom stereocenters. The number of carbonyl (C=O) groups is 1. The molecule has 0 saturated heterocycles. The van der Waals surface area contributed by atoms with Gasteiger partial charge in [-0.25, -0.2) is 0 Å². The van der Waals surface area contributed by atoms with E-state index in [0.29, 0.717) is 13.0 Å². The number of hydrogen-bond acceptors (Lipinski definition) is 4. The van der Waals surface area contributed by atoms with Gasteiger partial charge in [0.15, 0.2) is 0 Å². The number of nitrogens with zero attached hydrogens (tertiary/aromatic N) is 3. The third-order valence-corrected chi connectivity index (χ3v) is 4.55. The number of anilines is 1. The van der Waals surface area contributed by atoms with Gasteiger partial charge in [0.05, 0.1) is 29.6 Å². The molecule has 3 rings (SSSR count). The number of para-hydroxylation sites is 1. The van der Waals surface area contributed by atoms with Crippen LogP contribution in [-0.2, 0) is 11.3 Å². The van der Waals surface area contributed by atoms with Crippen molar-refractivity contribution in [2.75, 3.05) is 5.32 Å². The number of benzene rings is 1. The lowest BCUT2D eigenvalue weighted by Gasteiger charge is -2.07. The lowest BCUT2D eigenvalue weighted by Crippen LogP contribution is -2.15. The van der Waals surface area contributed by atoms with Crippen LogP contribution < -0.4 is 5.32 Å². The standard InChI is InChI=1S/C16H18N4OS/c1-10-5-4-6-13-9-17-20(16(10)13)8-7-14(21)18-15-11(2)19-22-12(15)3/h4-6,9H,7-8H2,1-3H3,(H,18,21). The van der Waals surface area contributed by atoms with Gasteiger partial charge in [0, 0.05) is 16.7 Å². The third-order valence-electron chi connectivity index (χ3n) is 3.71. The Bertz CT molecular complexity index is 814. The summed E-state index contributed by atoms with van der Waals surface area (Å²) in [4.78, 5) is 13.2. The number of aryl methyl sites for hydroxylation is 4. The van der Waals surface area contributed by atoms with Crippen molar-refractivity contribution in [1.29, 1.82) is 0 Å². The van der Waals surface area contributed by atoms with Crippen LogP contribution in [0.2, 0.25) is 0 Å². The second kappa shape index (κ2) is 5.88. The summed E-state index contributed by atoms with van der Waals surface area (Å²) in [6.45, 7) is 6.49. The van der Waals surface area contributed by atoms with Gasteiger partial charge in [-0.15, -0.1) is 0 Å². The maximum Gasteiger partial charge on any atom is 0.226 e. The summed E-state index contributed by atoms with van der Waals surface area (Å²) in [6.07, 6.45) is 2.23. The van der Waals surface area contributed by atoms with Gasteiger partial charge in [0.2, 0.25) is 5.91 Å². The summed E-state index contributed by atoms with van der Waals surface area (Å²) < 4.78 is 6.14. The highest BCUT2D eigenvalue weighted by Gasteiger charge is 2.12. The summed E-state index contributed by atoms with van der Waals surface area (Å²) in [5.74, 6) is -0.0105. The summed E-state index contributed by atoms with van der Waals surface area (Å²) in [7, 11) is 0. The zero-order chi connectivity index (χ0) is 15.7. The molecule has 1 N–H and O–H groups in total. The maximum atomic E-state index is 12.2. The number of hydrogen-bond donors (Lipinski definition) is 1. The minimum absolute atomic E-state index is 0.0105. The number of carbonyl (C=O) groups excluding carboxylic acids is 1. The first-order chi connectivity index (χ1) is 10.6. The Labute approximate surface area is 133 Å². The average molecular weight is 314 g/mol. The molecule has 5 nitrogen and oxygen atoms in total. The topological polar surface area (TPSA) is 59.8 Å². The fraction of sp³-hybridized carbons (Fsp3) is 0.312. The normalized spacial score (nSPS) is 11.0. The van der Waals surface area contributed by atoms with Crippen molar-refractivity contribution in [3.8, 4) is 0 Å². The molecular weight excluding hydrogens is 296 g/mol. The van der Waals surface area contributed by atoms with Crippen molar-refractivity contribution >= 4 is 34.0 Å². The van der Waals surface area contributed by atoms with Gasteiger partial charge in [-0.3, -0.25) is 9.48 Å². The van der Waals surface area contributed by atoms with E-state index in [1.54, 1.807) is 0 Å². The summed E-state index contributed by atoms with van der Waals surface area (Å²) in [5, 5.41) is 8.44.